The minimum absolute atomic E-state index is 0.478. The molecule has 0 saturated carbocycles. The van der Waals surface area contributed by atoms with Crippen LogP contribution in [0.25, 0.3) is 0 Å². The molecule has 0 bridgehead atoms. The molecule has 1 saturated heterocycles. The van der Waals surface area contributed by atoms with Crippen molar-refractivity contribution in [2.45, 2.75) is 39.4 Å². The Morgan fingerprint density at radius 2 is 2.10 bits per heavy atom. The van der Waals surface area contributed by atoms with Crippen LogP contribution in [0.15, 0.2) is 18.2 Å². The summed E-state index contributed by atoms with van der Waals surface area (Å²) in [7, 11) is 2.18. The molecule has 1 N–H and O–H groups in total. The normalized spacial score (nSPS) is 20.7. The van der Waals surface area contributed by atoms with Gasteiger partial charge in [-0.3, -0.25) is 0 Å². The van der Waals surface area contributed by atoms with E-state index in [1.54, 1.807) is 0 Å². The van der Waals surface area contributed by atoms with E-state index in [-0.39, 0.29) is 0 Å². The van der Waals surface area contributed by atoms with E-state index in [2.05, 4.69) is 49.0 Å². The molecule has 3 nitrogen and oxygen atoms in total. The molecule has 0 spiro atoms. The summed E-state index contributed by atoms with van der Waals surface area (Å²) in [4.78, 5) is 4.84. The van der Waals surface area contributed by atoms with Crippen molar-refractivity contribution in [1.82, 2.24) is 10.2 Å². The fourth-order valence-corrected chi connectivity index (χ4v) is 3.11. The first-order chi connectivity index (χ1) is 9.49. The second-order valence-electron chi connectivity index (χ2n) is 6.09. The van der Waals surface area contributed by atoms with Crippen LogP contribution in [-0.2, 0) is 6.54 Å². The van der Waals surface area contributed by atoms with Crippen LogP contribution in [-0.4, -0.2) is 43.7 Å². The van der Waals surface area contributed by atoms with Crippen molar-refractivity contribution in [3.05, 3.63) is 28.8 Å². The van der Waals surface area contributed by atoms with Crippen LogP contribution in [0.3, 0.4) is 0 Å². The molecule has 1 heterocycles. The molecular weight excluding hydrogens is 270 g/mol. The van der Waals surface area contributed by atoms with Gasteiger partial charge in [0, 0.05) is 38.3 Å². The zero-order valence-corrected chi connectivity index (χ0v) is 13.7. The largest absolute Gasteiger partial charge is 0.365 e. The van der Waals surface area contributed by atoms with Crippen molar-refractivity contribution in [2.75, 3.05) is 31.6 Å². The van der Waals surface area contributed by atoms with Gasteiger partial charge in [0.1, 0.15) is 0 Å². The van der Waals surface area contributed by atoms with Crippen molar-refractivity contribution < 1.29 is 0 Å². The fraction of sp³-hybridized carbons (Fsp3) is 0.625. The van der Waals surface area contributed by atoms with Crippen molar-refractivity contribution in [2.24, 2.45) is 0 Å². The van der Waals surface area contributed by atoms with E-state index in [1.807, 2.05) is 12.1 Å². The summed E-state index contributed by atoms with van der Waals surface area (Å²) in [6, 6.07) is 7.20. The Kier molecular flexibility index (Phi) is 5.30. The maximum atomic E-state index is 6.50. The highest BCUT2D eigenvalue weighted by Crippen LogP contribution is 2.32. The second-order valence-corrected chi connectivity index (χ2v) is 6.50. The molecule has 1 aromatic carbocycles. The molecule has 2 rings (SSSR count). The minimum Gasteiger partial charge on any atom is -0.365 e. The van der Waals surface area contributed by atoms with Crippen LogP contribution in [0.1, 0.15) is 26.3 Å². The average molecular weight is 296 g/mol. The maximum Gasteiger partial charge on any atom is 0.0643 e. The Hall–Kier alpha value is -0.770. The van der Waals surface area contributed by atoms with Crippen molar-refractivity contribution >= 4 is 17.3 Å². The molecule has 0 amide bonds. The summed E-state index contributed by atoms with van der Waals surface area (Å²) in [5.41, 5.74) is 2.51. The van der Waals surface area contributed by atoms with E-state index >= 15 is 0 Å². The highest BCUT2D eigenvalue weighted by molar-refractivity contribution is 6.33. The summed E-state index contributed by atoms with van der Waals surface area (Å²) in [5, 5.41) is 4.36. The van der Waals surface area contributed by atoms with E-state index in [4.69, 9.17) is 11.6 Å². The Morgan fingerprint density at radius 1 is 1.35 bits per heavy atom. The number of benzene rings is 1. The van der Waals surface area contributed by atoms with Crippen molar-refractivity contribution in [3.8, 4) is 0 Å². The molecule has 112 valence electrons. The topological polar surface area (TPSA) is 18.5 Å². The van der Waals surface area contributed by atoms with Gasteiger partial charge >= 0.3 is 0 Å². The predicted octanol–water partition coefficient (Wildman–Crippen LogP) is 2.98. The number of para-hydroxylation sites is 1. The van der Waals surface area contributed by atoms with Crippen LogP contribution < -0.4 is 10.2 Å². The number of nitrogens with zero attached hydrogens (tertiary/aromatic N) is 2. The van der Waals surface area contributed by atoms with Crippen LogP contribution in [0, 0.1) is 0 Å². The molecule has 1 aromatic rings. The number of nitrogens with one attached hydrogen (secondary N) is 1. The fourth-order valence-electron chi connectivity index (χ4n) is 2.81. The number of rotatable bonds is 4. The Balaban J connectivity index is 2.25. The van der Waals surface area contributed by atoms with Crippen LogP contribution in [0.5, 0.6) is 0 Å². The minimum atomic E-state index is 0.478. The van der Waals surface area contributed by atoms with Gasteiger partial charge < -0.3 is 15.1 Å². The summed E-state index contributed by atoms with van der Waals surface area (Å²) in [6.45, 7) is 10.7. The summed E-state index contributed by atoms with van der Waals surface area (Å²) in [6.07, 6.45) is 0. The molecule has 0 radical (unpaired) electrons. The zero-order chi connectivity index (χ0) is 14.7. The second kappa shape index (κ2) is 6.79. The number of anilines is 1. The van der Waals surface area contributed by atoms with Crippen LogP contribution in [0.4, 0.5) is 5.69 Å². The lowest BCUT2D eigenvalue weighted by Crippen LogP contribution is -2.51. The molecule has 1 unspecified atom stereocenters. The molecule has 0 aromatic heterocycles. The quantitative estimate of drug-likeness (QED) is 0.921. The van der Waals surface area contributed by atoms with E-state index in [0.717, 1.165) is 31.2 Å². The first-order valence-corrected chi connectivity index (χ1v) is 7.82. The first kappa shape index (κ1) is 15.6. The molecule has 20 heavy (non-hydrogen) atoms. The first-order valence-electron chi connectivity index (χ1n) is 7.45. The lowest BCUT2D eigenvalue weighted by molar-refractivity contribution is 0.275. The average Bonchev–Trinajstić information content (AvgIpc) is 2.37. The monoisotopic (exact) mass is 295 g/mol. The highest BCUT2D eigenvalue weighted by Gasteiger charge is 2.25. The summed E-state index contributed by atoms with van der Waals surface area (Å²) in [5.74, 6) is 0. The number of piperazine rings is 1. The third-order valence-electron chi connectivity index (χ3n) is 3.89. The molecule has 0 aliphatic carbocycles. The van der Waals surface area contributed by atoms with Crippen molar-refractivity contribution in [3.63, 3.8) is 0 Å². The third-order valence-corrected chi connectivity index (χ3v) is 4.19. The van der Waals surface area contributed by atoms with Gasteiger partial charge in [0.25, 0.3) is 0 Å². The molecule has 1 fully saturated rings. The van der Waals surface area contributed by atoms with E-state index < -0.39 is 0 Å². The van der Waals surface area contributed by atoms with Gasteiger partial charge in [-0.25, -0.2) is 0 Å². The van der Waals surface area contributed by atoms with E-state index in [9.17, 15) is 0 Å². The van der Waals surface area contributed by atoms with Gasteiger partial charge in [0.2, 0.25) is 0 Å². The van der Waals surface area contributed by atoms with Gasteiger partial charge in [0.05, 0.1) is 10.7 Å². The zero-order valence-electron chi connectivity index (χ0n) is 13.0. The molecule has 1 aliphatic heterocycles. The molecule has 4 heteroatoms. The van der Waals surface area contributed by atoms with Crippen LogP contribution >= 0.6 is 11.6 Å². The molecular formula is C16H26ClN3. The van der Waals surface area contributed by atoms with Gasteiger partial charge in [0.15, 0.2) is 0 Å². The Morgan fingerprint density at radius 3 is 2.75 bits per heavy atom. The smallest absolute Gasteiger partial charge is 0.0643 e. The Bertz CT molecular complexity index is 447. The van der Waals surface area contributed by atoms with Gasteiger partial charge in [-0.05, 0) is 25.6 Å². The van der Waals surface area contributed by atoms with Crippen molar-refractivity contribution in [1.29, 1.82) is 0 Å². The predicted molar refractivity (Wildman–Crippen MR) is 87.7 cm³/mol. The summed E-state index contributed by atoms with van der Waals surface area (Å²) < 4.78 is 0. The standard InChI is InChI=1S/C16H26ClN3/c1-12(2)18-10-14-6-5-7-15(17)16(14)20-9-8-19(4)11-13(20)3/h5-7,12-13,18H,8-11H2,1-4H3. The number of hydrogen-bond donors (Lipinski definition) is 1. The number of halogens is 1. The highest BCUT2D eigenvalue weighted by atomic mass is 35.5. The number of likely N-dealkylation sites (N-methyl/N-ethyl adjacent to an activating group) is 1. The molecule has 1 aliphatic rings. The molecule has 1 atom stereocenters. The van der Waals surface area contributed by atoms with Gasteiger partial charge in [-0.15, -0.1) is 0 Å². The maximum absolute atomic E-state index is 6.50. The van der Waals surface area contributed by atoms with E-state index in [0.29, 0.717) is 12.1 Å². The number of hydrogen-bond acceptors (Lipinski definition) is 3. The van der Waals surface area contributed by atoms with Gasteiger partial charge in [-0.1, -0.05) is 37.6 Å². The SMILES string of the molecule is CC(C)NCc1cccc(Cl)c1N1CCN(C)CC1C. The van der Waals surface area contributed by atoms with E-state index in [1.165, 1.54) is 11.3 Å². The lowest BCUT2D eigenvalue weighted by Gasteiger charge is -2.41. The summed E-state index contributed by atoms with van der Waals surface area (Å²) >= 11 is 6.50. The van der Waals surface area contributed by atoms with Crippen LogP contribution in [0.2, 0.25) is 5.02 Å². The Labute approximate surface area is 127 Å². The van der Waals surface area contributed by atoms with Gasteiger partial charge in [-0.2, -0.15) is 0 Å². The third kappa shape index (κ3) is 3.66. The lowest BCUT2D eigenvalue weighted by atomic mass is 10.1.